The first-order valence-electron chi connectivity index (χ1n) is 4.05. The van der Waals surface area contributed by atoms with E-state index in [0.717, 1.165) is 26.2 Å². The molecule has 2 nitrogen and oxygen atoms in total. The van der Waals surface area contributed by atoms with E-state index in [2.05, 4.69) is 23.0 Å². The molecule has 0 unspecified atom stereocenters. The molecule has 0 N–H and O–H groups in total. The van der Waals surface area contributed by atoms with Crippen LogP contribution < -0.4 is 0 Å². The van der Waals surface area contributed by atoms with Crippen LogP contribution in [0.25, 0.3) is 0 Å². The Labute approximate surface area is 84.9 Å². The summed E-state index contributed by atoms with van der Waals surface area (Å²) in [7, 11) is 0. The summed E-state index contributed by atoms with van der Waals surface area (Å²) < 4.78 is 1.43. The van der Waals surface area contributed by atoms with E-state index in [4.69, 9.17) is 0 Å². The van der Waals surface area contributed by atoms with Crippen LogP contribution in [-0.2, 0) is 19.4 Å². The van der Waals surface area contributed by atoms with Gasteiger partial charge in [-0.05, 0) is 0 Å². The van der Waals surface area contributed by atoms with E-state index in [1.54, 1.807) is 0 Å². The van der Waals surface area contributed by atoms with E-state index < -0.39 is 0 Å². The molecule has 0 bridgehead atoms. The third-order valence-corrected chi connectivity index (χ3v) is 3.74. The van der Waals surface area contributed by atoms with Gasteiger partial charge in [0.05, 0.1) is 0 Å². The maximum absolute atomic E-state index is 3.75. The van der Waals surface area contributed by atoms with E-state index in [9.17, 15) is 0 Å². The summed E-state index contributed by atoms with van der Waals surface area (Å²) in [6.07, 6.45) is 3.92. The van der Waals surface area contributed by atoms with Crippen molar-refractivity contribution in [3.63, 3.8) is 0 Å². The van der Waals surface area contributed by atoms with Crippen LogP contribution in [0.2, 0.25) is 0 Å². The predicted molar refractivity (Wildman–Crippen MR) is 48.5 cm³/mol. The summed E-state index contributed by atoms with van der Waals surface area (Å²) in [4.78, 5) is 4.73. The van der Waals surface area contributed by atoms with E-state index in [1.807, 2.05) is 12.2 Å². The molecule has 1 heterocycles. The topological polar surface area (TPSA) is 6.48 Å². The van der Waals surface area contributed by atoms with Crippen LogP contribution in [-0.4, -0.2) is 40.1 Å². The third-order valence-electron chi connectivity index (χ3n) is 1.88. The standard InChI is InChI=1S/C9H14N2.W/c1-3-5-10-7-8-11(9-10)6-4-2;/h3-4H,1-2,5-8H2;. The normalized spacial score (nSPS) is 19.8. The second kappa shape index (κ2) is 4.86. The SMILES string of the molecule is C=CCN1CCN(CC=C)[C]1=[W]. The molecule has 0 radical (unpaired) electrons. The Hall–Kier alpha value is -0.0417. The Bertz CT molecular complexity index is 181. The monoisotopic (exact) mass is 334 g/mol. The molecule has 0 atom stereocenters. The predicted octanol–water partition coefficient (Wildman–Crippen LogP) is 0.610. The first-order chi connectivity index (χ1) is 5.79. The molecule has 0 aromatic carbocycles. The van der Waals surface area contributed by atoms with E-state index in [-0.39, 0.29) is 0 Å². The van der Waals surface area contributed by atoms with Gasteiger partial charge in [-0.3, -0.25) is 0 Å². The van der Waals surface area contributed by atoms with Crippen molar-refractivity contribution in [2.45, 2.75) is 0 Å². The van der Waals surface area contributed by atoms with E-state index >= 15 is 0 Å². The van der Waals surface area contributed by atoms with Gasteiger partial charge in [0, 0.05) is 0 Å². The maximum atomic E-state index is 3.75. The molecule has 1 aliphatic heterocycles. The molecule has 1 fully saturated rings. The van der Waals surface area contributed by atoms with Gasteiger partial charge in [-0.2, -0.15) is 0 Å². The van der Waals surface area contributed by atoms with Gasteiger partial charge in [0.15, 0.2) is 0 Å². The Balaban J connectivity index is 2.48. The molecule has 0 saturated carbocycles. The zero-order valence-corrected chi connectivity index (χ0v) is 10.1. The van der Waals surface area contributed by atoms with Crippen molar-refractivity contribution in [1.29, 1.82) is 0 Å². The van der Waals surface area contributed by atoms with Crippen LogP contribution in [0.5, 0.6) is 0 Å². The molecule has 1 saturated heterocycles. The van der Waals surface area contributed by atoms with Crippen LogP contribution >= 0.6 is 0 Å². The van der Waals surface area contributed by atoms with Gasteiger partial charge in [0.25, 0.3) is 0 Å². The number of nitrogens with zero attached hydrogens (tertiary/aromatic N) is 2. The summed E-state index contributed by atoms with van der Waals surface area (Å²) in [5.74, 6) is 0. The van der Waals surface area contributed by atoms with Gasteiger partial charge in [0.1, 0.15) is 0 Å². The fraction of sp³-hybridized carbons (Fsp3) is 0.444. The molecule has 0 aromatic heterocycles. The molecule has 0 spiro atoms. The van der Waals surface area contributed by atoms with Gasteiger partial charge in [-0.1, -0.05) is 0 Å². The summed E-state index contributed by atoms with van der Waals surface area (Å²) in [5.41, 5.74) is 0. The van der Waals surface area contributed by atoms with Gasteiger partial charge < -0.3 is 0 Å². The molecular weight excluding hydrogens is 320 g/mol. The number of rotatable bonds is 4. The molecular formula is C9H14N2W. The minimum atomic E-state index is 0.979. The van der Waals surface area contributed by atoms with Crippen molar-refractivity contribution in [3.8, 4) is 0 Å². The number of hydrogen-bond donors (Lipinski definition) is 0. The van der Waals surface area contributed by atoms with E-state index in [1.165, 1.54) is 23.5 Å². The van der Waals surface area contributed by atoms with Crippen LogP contribution in [0.1, 0.15) is 0 Å². The Morgan fingerprint density at radius 1 is 1.17 bits per heavy atom. The Morgan fingerprint density at radius 2 is 1.58 bits per heavy atom. The molecule has 1 aliphatic rings. The van der Waals surface area contributed by atoms with Crippen LogP contribution in [0.3, 0.4) is 0 Å². The van der Waals surface area contributed by atoms with Gasteiger partial charge in [0.2, 0.25) is 0 Å². The fourth-order valence-electron chi connectivity index (χ4n) is 1.28. The van der Waals surface area contributed by atoms with Crippen molar-refractivity contribution in [1.82, 2.24) is 9.80 Å². The van der Waals surface area contributed by atoms with Crippen molar-refractivity contribution in [2.24, 2.45) is 0 Å². The Kier molecular flexibility index (Phi) is 4.06. The van der Waals surface area contributed by atoms with Crippen LogP contribution in [0.4, 0.5) is 0 Å². The van der Waals surface area contributed by atoms with Crippen LogP contribution in [0.15, 0.2) is 25.3 Å². The molecule has 12 heavy (non-hydrogen) atoms. The zero-order chi connectivity index (χ0) is 8.97. The molecule has 0 amide bonds. The van der Waals surface area contributed by atoms with Gasteiger partial charge in [-0.15, -0.1) is 0 Å². The van der Waals surface area contributed by atoms with Crippen LogP contribution in [0, 0.1) is 0 Å². The summed E-state index contributed by atoms with van der Waals surface area (Å²) in [6, 6.07) is 0. The second-order valence-corrected chi connectivity index (χ2v) is 4.06. The zero-order valence-electron chi connectivity index (χ0n) is 7.20. The molecule has 3 heteroatoms. The fourth-order valence-corrected chi connectivity index (χ4v) is 2.47. The second-order valence-electron chi connectivity index (χ2n) is 2.75. The minimum absolute atomic E-state index is 0.979. The molecule has 66 valence electrons. The first-order valence-corrected chi connectivity index (χ1v) is 5.52. The Morgan fingerprint density at radius 3 is 1.92 bits per heavy atom. The summed E-state index contributed by atoms with van der Waals surface area (Å²) in [6.45, 7) is 11.7. The van der Waals surface area contributed by atoms with E-state index in [0.29, 0.717) is 0 Å². The van der Waals surface area contributed by atoms with Gasteiger partial charge in [-0.25, -0.2) is 0 Å². The van der Waals surface area contributed by atoms with Crippen molar-refractivity contribution in [2.75, 3.05) is 26.2 Å². The summed E-state index contributed by atoms with van der Waals surface area (Å²) in [5, 5.41) is 0. The summed E-state index contributed by atoms with van der Waals surface area (Å²) >= 11 is 1.53. The molecule has 1 rings (SSSR count). The van der Waals surface area contributed by atoms with Crippen molar-refractivity contribution in [3.05, 3.63) is 25.3 Å². The molecule has 0 aromatic rings. The third kappa shape index (κ3) is 2.22. The quantitative estimate of drug-likeness (QED) is 0.696. The van der Waals surface area contributed by atoms with Crippen molar-refractivity contribution >= 4 is 4.15 Å². The average Bonchev–Trinajstić information content (AvgIpc) is 2.38. The van der Waals surface area contributed by atoms with Crippen molar-refractivity contribution < 1.29 is 19.4 Å². The molecule has 0 aliphatic carbocycles. The first kappa shape index (κ1) is 10.0. The number of hydrogen-bond acceptors (Lipinski definition) is 2. The average molecular weight is 334 g/mol. The van der Waals surface area contributed by atoms with Gasteiger partial charge >= 0.3 is 84.8 Å².